The van der Waals surface area contributed by atoms with Crippen molar-refractivity contribution in [3.63, 3.8) is 0 Å². The molecule has 26 heavy (non-hydrogen) atoms. The van der Waals surface area contributed by atoms with E-state index >= 15 is 0 Å². The zero-order valence-electron chi connectivity index (χ0n) is 14.5. The van der Waals surface area contributed by atoms with Crippen molar-refractivity contribution in [1.29, 1.82) is 0 Å². The monoisotopic (exact) mass is 372 g/mol. The molecular formula is C20H21ClN2O3. The van der Waals surface area contributed by atoms with Gasteiger partial charge < -0.3 is 14.8 Å². The predicted octanol–water partition coefficient (Wildman–Crippen LogP) is 3.75. The first-order chi connectivity index (χ1) is 12.7. The van der Waals surface area contributed by atoms with Crippen LogP contribution >= 0.6 is 11.6 Å². The van der Waals surface area contributed by atoms with Crippen molar-refractivity contribution in [2.45, 2.75) is 31.1 Å². The highest BCUT2D eigenvalue weighted by Crippen LogP contribution is 2.43. The van der Waals surface area contributed by atoms with Crippen LogP contribution in [0.2, 0.25) is 5.15 Å². The molecule has 0 unspecified atom stereocenters. The van der Waals surface area contributed by atoms with Crippen LogP contribution in [0.15, 0.2) is 36.5 Å². The van der Waals surface area contributed by atoms with Crippen molar-refractivity contribution in [3.05, 3.63) is 52.8 Å². The zero-order valence-corrected chi connectivity index (χ0v) is 15.2. The average molecular weight is 373 g/mol. The molecule has 2 aliphatic rings. The molecule has 1 amide bonds. The second kappa shape index (κ2) is 7.16. The molecule has 2 heterocycles. The Balaban J connectivity index is 1.53. The van der Waals surface area contributed by atoms with E-state index in [4.69, 9.17) is 21.1 Å². The number of carbonyl (C=O) groups is 1. The quantitative estimate of drug-likeness (QED) is 0.830. The molecule has 1 aliphatic heterocycles. The number of hydrogen-bond donors (Lipinski definition) is 1. The Hall–Kier alpha value is -2.27. The molecule has 0 bridgehead atoms. The summed E-state index contributed by atoms with van der Waals surface area (Å²) in [5.74, 6) is 1.47. The Kier molecular flexibility index (Phi) is 4.72. The number of nitrogens with one attached hydrogen (secondary N) is 1. The lowest BCUT2D eigenvalue weighted by Crippen LogP contribution is -2.39. The van der Waals surface area contributed by atoms with Crippen LogP contribution in [0, 0.1) is 0 Å². The van der Waals surface area contributed by atoms with Crippen LogP contribution in [0.5, 0.6) is 11.5 Å². The lowest BCUT2D eigenvalue weighted by atomic mass is 9.78. The number of fused-ring (bicyclic) bond motifs is 1. The highest BCUT2D eigenvalue weighted by molar-refractivity contribution is 6.29. The molecule has 2 aromatic rings. The third-order valence-electron chi connectivity index (χ3n) is 5.29. The molecule has 0 radical (unpaired) electrons. The van der Waals surface area contributed by atoms with E-state index in [0.717, 1.165) is 37.2 Å². The number of nitrogens with zero attached hydrogens (tertiary/aromatic N) is 1. The number of rotatable bonds is 4. The van der Waals surface area contributed by atoms with Gasteiger partial charge in [-0.15, -0.1) is 0 Å². The molecule has 136 valence electrons. The Labute approximate surface area is 157 Å². The van der Waals surface area contributed by atoms with Crippen LogP contribution in [0.1, 0.15) is 41.6 Å². The molecule has 5 nitrogen and oxygen atoms in total. The molecule has 6 heteroatoms. The normalized spacial score (nSPS) is 17.7. The fourth-order valence-electron chi connectivity index (χ4n) is 3.85. The van der Waals surface area contributed by atoms with E-state index in [1.54, 1.807) is 12.1 Å². The van der Waals surface area contributed by atoms with E-state index in [2.05, 4.69) is 22.4 Å². The molecule has 1 aromatic carbocycles. The fraction of sp³-hybridized carbons (Fsp3) is 0.400. The summed E-state index contributed by atoms with van der Waals surface area (Å²) in [6.45, 7) is 1.75. The molecule has 0 atom stereocenters. The van der Waals surface area contributed by atoms with Crippen molar-refractivity contribution in [3.8, 4) is 11.5 Å². The van der Waals surface area contributed by atoms with Crippen LogP contribution in [-0.4, -0.2) is 30.6 Å². The van der Waals surface area contributed by atoms with Gasteiger partial charge in [0.25, 0.3) is 5.91 Å². The van der Waals surface area contributed by atoms with E-state index in [0.29, 0.717) is 30.5 Å². The number of benzene rings is 1. The van der Waals surface area contributed by atoms with Gasteiger partial charge in [-0.2, -0.15) is 0 Å². The van der Waals surface area contributed by atoms with Crippen LogP contribution in [-0.2, 0) is 5.41 Å². The summed E-state index contributed by atoms with van der Waals surface area (Å²) in [5.41, 5.74) is 1.66. The number of halogens is 1. The van der Waals surface area contributed by atoms with Gasteiger partial charge in [0, 0.05) is 18.2 Å². The average Bonchev–Trinajstić information content (AvgIpc) is 3.16. The van der Waals surface area contributed by atoms with Gasteiger partial charge >= 0.3 is 0 Å². The lowest BCUT2D eigenvalue weighted by molar-refractivity contribution is 0.0942. The maximum Gasteiger partial charge on any atom is 0.252 e. The van der Waals surface area contributed by atoms with E-state index in [-0.39, 0.29) is 11.3 Å². The first kappa shape index (κ1) is 17.2. The maximum atomic E-state index is 12.5. The molecule has 0 saturated heterocycles. The number of ether oxygens (including phenoxy) is 2. The summed E-state index contributed by atoms with van der Waals surface area (Å²) in [7, 11) is 0. The SMILES string of the molecule is O=C(NCC1(c2ccc3c(c2)OCCO3)CCCC1)c1ccc(Cl)nc1. The Morgan fingerprint density at radius 3 is 2.62 bits per heavy atom. The lowest BCUT2D eigenvalue weighted by Gasteiger charge is -2.31. The minimum absolute atomic E-state index is 0.0641. The van der Waals surface area contributed by atoms with Gasteiger partial charge in [0.2, 0.25) is 0 Å². The standard InChI is InChI=1S/C20H21ClN2O3/c21-18-6-3-14(12-22-18)19(24)23-13-20(7-1-2-8-20)15-4-5-16-17(11-15)26-10-9-25-16/h3-6,11-12H,1-2,7-10,13H2,(H,23,24). The summed E-state index contributed by atoms with van der Waals surface area (Å²) in [6, 6.07) is 9.48. The van der Waals surface area contributed by atoms with E-state index in [1.165, 1.54) is 11.8 Å². The first-order valence-corrected chi connectivity index (χ1v) is 9.34. The summed E-state index contributed by atoms with van der Waals surface area (Å²) in [6.07, 6.45) is 5.92. The molecule has 1 saturated carbocycles. The molecular weight excluding hydrogens is 352 g/mol. The molecule has 4 rings (SSSR count). The second-order valence-electron chi connectivity index (χ2n) is 6.90. The summed E-state index contributed by atoms with van der Waals surface area (Å²) in [5, 5.41) is 3.47. The number of carbonyl (C=O) groups excluding carboxylic acids is 1. The van der Waals surface area contributed by atoms with Crippen LogP contribution < -0.4 is 14.8 Å². The molecule has 0 spiro atoms. The van der Waals surface area contributed by atoms with Crippen molar-refractivity contribution in [2.24, 2.45) is 0 Å². The predicted molar refractivity (Wildman–Crippen MR) is 99.2 cm³/mol. The maximum absolute atomic E-state index is 12.5. The smallest absolute Gasteiger partial charge is 0.252 e. The van der Waals surface area contributed by atoms with Gasteiger partial charge in [0.1, 0.15) is 18.4 Å². The number of aromatic nitrogens is 1. The van der Waals surface area contributed by atoms with Gasteiger partial charge in [-0.1, -0.05) is 30.5 Å². The van der Waals surface area contributed by atoms with E-state index in [9.17, 15) is 4.79 Å². The number of hydrogen-bond acceptors (Lipinski definition) is 4. The molecule has 1 aliphatic carbocycles. The highest BCUT2D eigenvalue weighted by Gasteiger charge is 2.36. The minimum Gasteiger partial charge on any atom is -0.486 e. The summed E-state index contributed by atoms with van der Waals surface area (Å²) in [4.78, 5) is 16.5. The van der Waals surface area contributed by atoms with Gasteiger partial charge in [0.15, 0.2) is 11.5 Å². The van der Waals surface area contributed by atoms with E-state index < -0.39 is 0 Å². The zero-order chi connectivity index (χ0) is 18.0. The van der Waals surface area contributed by atoms with Crippen LogP contribution in [0.25, 0.3) is 0 Å². The van der Waals surface area contributed by atoms with Crippen LogP contribution in [0.3, 0.4) is 0 Å². The molecule has 1 N–H and O–H groups in total. The third-order valence-corrected chi connectivity index (χ3v) is 5.52. The topological polar surface area (TPSA) is 60.5 Å². The summed E-state index contributed by atoms with van der Waals surface area (Å²) < 4.78 is 11.4. The van der Waals surface area contributed by atoms with E-state index in [1.807, 2.05) is 6.07 Å². The van der Waals surface area contributed by atoms with Crippen molar-refractivity contribution >= 4 is 17.5 Å². The van der Waals surface area contributed by atoms with Gasteiger partial charge in [-0.05, 0) is 42.7 Å². The number of amides is 1. The van der Waals surface area contributed by atoms with Gasteiger partial charge in [-0.3, -0.25) is 4.79 Å². The largest absolute Gasteiger partial charge is 0.486 e. The third kappa shape index (κ3) is 3.36. The first-order valence-electron chi connectivity index (χ1n) is 8.96. The Morgan fingerprint density at radius 2 is 1.88 bits per heavy atom. The summed E-state index contributed by atoms with van der Waals surface area (Å²) >= 11 is 5.79. The Morgan fingerprint density at radius 1 is 1.12 bits per heavy atom. The molecule has 1 fully saturated rings. The second-order valence-corrected chi connectivity index (χ2v) is 7.29. The fourth-order valence-corrected chi connectivity index (χ4v) is 3.97. The van der Waals surface area contributed by atoms with Crippen molar-refractivity contribution < 1.29 is 14.3 Å². The van der Waals surface area contributed by atoms with Gasteiger partial charge in [0.05, 0.1) is 5.56 Å². The Bertz CT molecular complexity index is 801. The molecule has 1 aromatic heterocycles. The minimum atomic E-state index is -0.127. The number of pyridine rings is 1. The van der Waals surface area contributed by atoms with Crippen molar-refractivity contribution in [1.82, 2.24) is 10.3 Å². The van der Waals surface area contributed by atoms with Crippen molar-refractivity contribution in [2.75, 3.05) is 19.8 Å². The highest BCUT2D eigenvalue weighted by atomic mass is 35.5. The van der Waals surface area contributed by atoms with Gasteiger partial charge in [-0.25, -0.2) is 4.98 Å². The van der Waals surface area contributed by atoms with Crippen LogP contribution in [0.4, 0.5) is 0 Å².